The Hall–Kier alpha value is -1.71. The molecule has 0 radical (unpaired) electrons. The smallest absolute Gasteiger partial charge is 0.307 e. The van der Waals surface area contributed by atoms with E-state index in [4.69, 9.17) is 14.6 Å². The molecule has 1 aliphatic rings. The first kappa shape index (κ1) is 10.8. The topological polar surface area (TPSA) is 55.8 Å². The second-order valence-corrected chi connectivity index (χ2v) is 3.87. The molecule has 0 heterocycles. The molecule has 1 aromatic carbocycles. The average Bonchev–Trinajstić information content (AvgIpc) is 3.07. The number of carboxylic acids is 1. The van der Waals surface area contributed by atoms with Crippen molar-refractivity contribution in [1.82, 2.24) is 0 Å². The minimum Gasteiger partial charge on any atom is -0.493 e. The normalized spacial score (nSPS) is 22.6. The molecule has 0 amide bonds. The first-order valence-corrected chi connectivity index (χ1v) is 5.12. The molecule has 1 N–H and O–H groups in total. The number of hydrogen-bond acceptors (Lipinski definition) is 3. The minimum absolute atomic E-state index is 0.0579. The lowest BCUT2D eigenvalue weighted by molar-refractivity contribution is -0.138. The number of ether oxygens (including phenoxy) is 2. The molecule has 4 nitrogen and oxygen atoms in total. The summed E-state index contributed by atoms with van der Waals surface area (Å²) in [7, 11) is 3.14. The van der Waals surface area contributed by atoms with Crippen LogP contribution < -0.4 is 9.47 Å². The van der Waals surface area contributed by atoms with Gasteiger partial charge in [-0.3, -0.25) is 4.79 Å². The van der Waals surface area contributed by atoms with Crippen molar-refractivity contribution in [1.29, 1.82) is 0 Å². The van der Waals surface area contributed by atoms with Crippen molar-refractivity contribution in [2.45, 2.75) is 12.3 Å². The van der Waals surface area contributed by atoms with Crippen molar-refractivity contribution in [3.8, 4) is 11.5 Å². The van der Waals surface area contributed by atoms with Gasteiger partial charge in [0.15, 0.2) is 11.5 Å². The summed E-state index contributed by atoms with van der Waals surface area (Å²) in [4.78, 5) is 10.8. The Labute approximate surface area is 93.8 Å². The Morgan fingerprint density at radius 3 is 2.62 bits per heavy atom. The predicted molar refractivity (Wildman–Crippen MR) is 58.0 cm³/mol. The number of carboxylic acid groups (broad SMARTS) is 1. The molecule has 2 rings (SSSR count). The lowest BCUT2D eigenvalue weighted by Gasteiger charge is -2.11. The summed E-state index contributed by atoms with van der Waals surface area (Å²) in [6, 6.07) is 5.56. The number of aliphatic carboxylic acids is 1. The number of para-hydroxylation sites is 1. The van der Waals surface area contributed by atoms with Gasteiger partial charge in [0.2, 0.25) is 0 Å². The Morgan fingerprint density at radius 2 is 2.12 bits per heavy atom. The van der Waals surface area contributed by atoms with Gasteiger partial charge in [0.05, 0.1) is 20.1 Å². The van der Waals surface area contributed by atoms with Crippen LogP contribution in [0.25, 0.3) is 0 Å². The zero-order valence-corrected chi connectivity index (χ0v) is 9.27. The van der Waals surface area contributed by atoms with Gasteiger partial charge < -0.3 is 14.6 Å². The van der Waals surface area contributed by atoms with Crippen molar-refractivity contribution < 1.29 is 19.4 Å². The summed E-state index contributed by atoms with van der Waals surface area (Å²) < 4.78 is 10.5. The Kier molecular flexibility index (Phi) is 2.73. The van der Waals surface area contributed by atoms with E-state index in [1.165, 1.54) is 0 Å². The van der Waals surface area contributed by atoms with Crippen molar-refractivity contribution in [2.75, 3.05) is 14.2 Å². The number of benzene rings is 1. The molecular weight excluding hydrogens is 208 g/mol. The van der Waals surface area contributed by atoms with Crippen LogP contribution >= 0.6 is 0 Å². The fourth-order valence-corrected chi connectivity index (χ4v) is 2.02. The van der Waals surface area contributed by atoms with Crippen molar-refractivity contribution in [3.05, 3.63) is 23.8 Å². The van der Waals surface area contributed by atoms with Gasteiger partial charge >= 0.3 is 5.97 Å². The lowest BCUT2D eigenvalue weighted by Crippen LogP contribution is -2.01. The summed E-state index contributed by atoms with van der Waals surface area (Å²) in [5.74, 6) is 0.341. The van der Waals surface area contributed by atoms with E-state index >= 15 is 0 Å². The van der Waals surface area contributed by atoms with Crippen LogP contribution in [0.2, 0.25) is 0 Å². The van der Waals surface area contributed by atoms with Crippen LogP contribution in [0, 0.1) is 5.92 Å². The number of carbonyl (C=O) groups is 1. The second kappa shape index (κ2) is 4.04. The maximum absolute atomic E-state index is 10.8. The quantitative estimate of drug-likeness (QED) is 0.845. The van der Waals surface area contributed by atoms with Gasteiger partial charge in [-0.2, -0.15) is 0 Å². The molecule has 4 heteroatoms. The molecule has 1 fully saturated rings. The van der Waals surface area contributed by atoms with Crippen LogP contribution in [0.3, 0.4) is 0 Å². The van der Waals surface area contributed by atoms with Crippen molar-refractivity contribution in [2.24, 2.45) is 5.92 Å². The molecule has 86 valence electrons. The van der Waals surface area contributed by atoms with E-state index in [0.29, 0.717) is 17.9 Å². The molecule has 1 saturated carbocycles. The first-order valence-electron chi connectivity index (χ1n) is 5.12. The molecule has 2 atom stereocenters. The van der Waals surface area contributed by atoms with Gasteiger partial charge in [-0.15, -0.1) is 0 Å². The second-order valence-electron chi connectivity index (χ2n) is 3.87. The van der Waals surface area contributed by atoms with Gasteiger partial charge in [-0.25, -0.2) is 0 Å². The van der Waals surface area contributed by atoms with E-state index < -0.39 is 5.97 Å². The predicted octanol–water partition coefficient (Wildman–Crippen LogP) is 1.89. The third kappa shape index (κ3) is 1.71. The Balaban J connectivity index is 2.31. The van der Waals surface area contributed by atoms with E-state index in [9.17, 15) is 4.79 Å². The van der Waals surface area contributed by atoms with Crippen molar-refractivity contribution >= 4 is 5.97 Å². The van der Waals surface area contributed by atoms with Crippen LogP contribution in [-0.4, -0.2) is 25.3 Å². The molecule has 0 spiro atoms. The molecule has 0 unspecified atom stereocenters. The Morgan fingerprint density at radius 1 is 1.38 bits per heavy atom. The molecule has 0 bridgehead atoms. The highest BCUT2D eigenvalue weighted by Crippen LogP contribution is 2.52. The number of methoxy groups -OCH3 is 2. The summed E-state index contributed by atoms with van der Waals surface area (Å²) >= 11 is 0. The summed E-state index contributed by atoms with van der Waals surface area (Å²) in [5.41, 5.74) is 0.925. The monoisotopic (exact) mass is 222 g/mol. The average molecular weight is 222 g/mol. The molecule has 0 aliphatic heterocycles. The zero-order valence-electron chi connectivity index (χ0n) is 9.27. The fraction of sp³-hybridized carbons (Fsp3) is 0.417. The van der Waals surface area contributed by atoms with Gasteiger partial charge in [-0.1, -0.05) is 12.1 Å². The van der Waals surface area contributed by atoms with E-state index in [2.05, 4.69) is 0 Å². The highest BCUT2D eigenvalue weighted by molar-refractivity contribution is 5.76. The van der Waals surface area contributed by atoms with Crippen LogP contribution in [-0.2, 0) is 4.79 Å². The fourth-order valence-electron chi connectivity index (χ4n) is 2.02. The van der Waals surface area contributed by atoms with E-state index in [-0.39, 0.29) is 11.8 Å². The molecule has 1 aromatic rings. The Bertz CT molecular complexity index is 413. The van der Waals surface area contributed by atoms with E-state index in [1.807, 2.05) is 12.1 Å². The van der Waals surface area contributed by atoms with Gasteiger partial charge in [-0.05, 0) is 12.5 Å². The number of rotatable bonds is 4. The molecular formula is C12H14O4. The summed E-state index contributed by atoms with van der Waals surface area (Å²) in [5, 5.41) is 8.90. The zero-order chi connectivity index (χ0) is 11.7. The molecule has 0 saturated heterocycles. The largest absolute Gasteiger partial charge is 0.493 e. The highest BCUT2D eigenvalue weighted by Gasteiger charge is 2.45. The summed E-state index contributed by atoms with van der Waals surface area (Å²) in [6.07, 6.45) is 0.679. The molecule has 1 aliphatic carbocycles. The number of hydrogen-bond donors (Lipinski definition) is 1. The third-order valence-electron chi connectivity index (χ3n) is 2.94. The molecule has 16 heavy (non-hydrogen) atoms. The summed E-state index contributed by atoms with van der Waals surface area (Å²) in [6.45, 7) is 0. The van der Waals surface area contributed by atoms with Gasteiger partial charge in [0.1, 0.15) is 0 Å². The highest BCUT2D eigenvalue weighted by atomic mass is 16.5. The SMILES string of the molecule is COc1cccc([C@H]2C[C@H]2C(=O)O)c1OC. The maximum atomic E-state index is 10.8. The van der Waals surface area contributed by atoms with Gasteiger partial charge in [0, 0.05) is 11.5 Å². The van der Waals surface area contributed by atoms with E-state index in [0.717, 1.165) is 5.56 Å². The standard InChI is InChI=1S/C12H14O4/c1-15-10-5-3-4-7(11(10)16-2)8-6-9(8)12(13)14/h3-5,8-9H,6H2,1-2H3,(H,13,14)/t8-,9-/m1/s1. The van der Waals surface area contributed by atoms with Crippen LogP contribution in [0.15, 0.2) is 18.2 Å². The van der Waals surface area contributed by atoms with Crippen molar-refractivity contribution in [3.63, 3.8) is 0 Å². The van der Waals surface area contributed by atoms with Crippen LogP contribution in [0.5, 0.6) is 11.5 Å². The maximum Gasteiger partial charge on any atom is 0.307 e. The molecule has 0 aromatic heterocycles. The lowest BCUT2D eigenvalue weighted by atomic mass is 10.1. The first-order chi connectivity index (χ1) is 7.69. The van der Waals surface area contributed by atoms with Gasteiger partial charge in [0.25, 0.3) is 0 Å². The van der Waals surface area contributed by atoms with E-state index in [1.54, 1.807) is 20.3 Å². The van der Waals surface area contributed by atoms with Crippen LogP contribution in [0.1, 0.15) is 17.9 Å². The third-order valence-corrected chi connectivity index (χ3v) is 2.94. The van der Waals surface area contributed by atoms with Crippen LogP contribution in [0.4, 0.5) is 0 Å². The minimum atomic E-state index is -0.741.